The number of carboxylic acid groups (broad SMARTS) is 2. The minimum absolute atomic E-state index is 0.115. The molecule has 0 fully saturated rings. The van der Waals surface area contributed by atoms with Gasteiger partial charge in [0.15, 0.2) is 0 Å². The Morgan fingerprint density at radius 3 is 2.46 bits per heavy atom. The molecule has 0 unspecified atom stereocenters. The van der Waals surface area contributed by atoms with Crippen molar-refractivity contribution < 1.29 is 34.5 Å². The van der Waals surface area contributed by atoms with E-state index >= 15 is 0 Å². The van der Waals surface area contributed by atoms with E-state index in [0.29, 0.717) is 12.2 Å². The first-order chi connectivity index (χ1) is 18.2. The summed E-state index contributed by atoms with van der Waals surface area (Å²) in [5, 5.41) is 33.6. The third-order valence-electron chi connectivity index (χ3n) is 6.08. The van der Waals surface area contributed by atoms with Gasteiger partial charge in [-0.15, -0.1) is 0 Å². The molecule has 1 aromatic heterocycles. The predicted octanol–water partition coefficient (Wildman–Crippen LogP) is 1.42. The molecular weight excluding hydrogens is 526 g/mol. The molecule has 0 aliphatic rings. The Balaban J connectivity index is 2.24. The highest BCUT2D eigenvalue weighted by molar-refractivity contribution is 7.98. The quantitative estimate of drug-likeness (QED) is 0.176. The zero-order valence-electron chi connectivity index (χ0n) is 22.5. The summed E-state index contributed by atoms with van der Waals surface area (Å²) in [7, 11) is 0. The third-order valence-corrected chi connectivity index (χ3v) is 7.17. The molecule has 2 amide bonds. The number of aliphatic carboxylic acids is 2. The van der Waals surface area contributed by atoms with Gasteiger partial charge in [0.1, 0.15) is 30.2 Å². The average Bonchev–Trinajstić information content (AvgIpc) is 3.36. The van der Waals surface area contributed by atoms with Gasteiger partial charge in [-0.05, 0) is 41.0 Å². The normalized spacial score (nSPS) is 12.9. The number of carboxylic acids is 2. The standard InChI is InChI=1S/C26H37N5O7S/c1-14-16(10-20-28-7-8-29-20)15(9-17(23(14)35)26(2,3)4)12-39-13-19(24(36)30-11-22(33)34)31-21(32)6-5-18(27)25(37)38/h7-9,18-19,35H,5-6,10-13,27H2,1-4H3,(H,28,29)(H,30,36)(H,31,32)(H,33,34)(H,37,38)/t18-,19-/m0/s1. The average molecular weight is 564 g/mol. The summed E-state index contributed by atoms with van der Waals surface area (Å²) in [6, 6.07) is -0.331. The van der Waals surface area contributed by atoms with Gasteiger partial charge in [-0.25, -0.2) is 4.98 Å². The number of H-pyrrole nitrogens is 1. The maximum atomic E-state index is 12.7. The third kappa shape index (κ3) is 9.59. The van der Waals surface area contributed by atoms with Gasteiger partial charge in [0, 0.05) is 36.7 Å². The predicted molar refractivity (Wildman–Crippen MR) is 147 cm³/mol. The number of amides is 2. The van der Waals surface area contributed by atoms with Crippen LogP contribution in [-0.4, -0.2) is 73.4 Å². The number of imidazole rings is 1. The number of aromatic hydroxyl groups is 1. The number of carbonyl (C=O) groups excluding carboxylic acids is 2. The Labute approximate surface area is 231 Å². The Bertz CT molecular complexity index is 1180. The van der Waals surface area contributed by atoms with E-state index in [0.717, 1.165) is 28.1 Å². The summed E-state index contributed by atoms with van der Waals surface area (Å²) < 4.78 is 0. The van der Waals surface area contributed by atoms with E-state index in [1.54, 1.807) is 12.4 Å². The van der Waals surface area contributed by atoms with E-state index in [2.05, 4.69) is 20.6 Å². The zero-order valence-corrected chi connectivity index (χ0v) is 23.4. The van der Waals surface area contributed by atoms with Gasteiger partial charge in [-0.2, -0.15) is 11.8 Å². The Morgan fingerprint density at radius 1 is 1.21 bits per heavy atom. The van der Waals surface area contributed by atoms with Crippen molar-refractivity contribution in [3.8, 4) is 5.75 Å². The minimum atomic E-state index is -1.24. The van der Waals surface area contributed by atoms with Crippen LogP contribution in [0.4, 0.5) is 0 Å². The lowest BCUT2D eigenvalue weighted by Gasteiger charge is -2.25. The molecule has 2 atom stereocenters. The fourth-order valence-corrected chi connectivity index (χ4v) is 4.92. The van der Waals surface area contributed by atoms with Gasteiger partial charge in [0.2, 0.25) is 11.8 Å². The van der Waals surface area contributed by atoms with Crippen molar-refractivity contribution in [2.75, 3.05) is 12.3 Å². The maximum absolute atomic E-state index is 12.7. The summed E-state index contributed by atoms with van der Waals surface area (Å²) in [5.41, 5.74) is 8.45. The molecule has 0 saturated carbocycles. The molecule has 0 spiro atoms. The van der Waals surface area contributed by atoms with Crippen molar-refractivity contribution in [2.45, 2.75) is 70.2 Å². The second kappa shape index (κ2) is 14.0. The summed E-state index contributed by atoms with van der Waals surface area (Å²) in [6.07, 6.45) is 3.50. The molecule has 214 valence electrons. The molecule has 1 aromatic carbocycles. The van der Waals surface area contributed by atoms with Crippen LogP contribution in [0.1, 0.15) is 61.7 Å². The Kier molecular flexibility index (Phi) is 11.3. The highest BCUT2D eigenvalue weighted by Gasteiger charge is 2.25. The monoisotopic (exact) mass is 563 g/mol. The first-order valence-electron chi connectivity index (χ1n) is 12.4. The second-order valence-electron chi connectivity index (χ2n) is 10.2. The van der Waals surface area contributed by atoms with Crippen LogP contribution in [0.15, 0.2) is 18.5 Å². The number of benzene rings is 1. The largest absolute Gasteiger partial charge is 0.507 e. The number of thioether (sulfide) groups is 1. The number of phenolic OH excluding ortho intramolecular Hbond substituents is 1. The number of aromatic nitrogens is 2. The van der Waals surface area contributed by atoms with E-state index in [1.165, 1.54) is 11.8 Å². The van der Waals surface area contributed by atoms with Crippen LogP contribution in [0, 0.1) is 6.92 Å². The van der Waals surface area contributed by atoms with E-state index in [9.17, 15) is 24.3 Å². The molecule has 1 heterocycles. The van der Waals surface area contributed by atoms with Crippen molar-refractivity contribution in [3.05, 3.63) is 46.5 Å². The van der Waals surface area contributed by atoms with E-state index < -0.39 is 42.4 Å². The molecule has 0 aliphatic carbocycles. The van der Waals surface area contributed by atoms with Gasteiger partial charge < -0.3 is 36.7 Å². The fourth-order valence-electron chi connectivity index (χ4n) is 3.86. The Morgan fingerprint density at radius 2 is 1.90 bits per heavy atom. The molecule has 2 rings (SSSR count). The fraction of sp³-hybridized carbons (Fsp3) is 0.500. The number of nitrogens with one attached hydrogen (secondary N) is 3. The first kappa shape index (κ1) is 31.6. The maximum Gasteiger partial charge on any atom is 0.322 e. The number of hydrogen-bond donors (Lipinski definition) is 7. The van der Waals surface area contributed by atoms with Crippen LogP contribution in [0.25, 0.3) is 0 Å². The van der Waals surface area contributed by atoms with Crippen LogP contribution in [0.3, 0.4) is 0 Å². The molecule has 0 bridgehead atoms. The number of hydrogen-bond acceptors (Lipinski definition) is 8. The number of aromatic amines is 1. The topological polar surface area (TPSA) is 208 Å². The number of nitrogens with two attached hydrogens (primary N) is 1. The first-order valence-corrected chi connectivity index (χ1v) is 13.5. The smallest absolute Gasteiger partial charge is 0.322 e. The summed E-state index contributed by atoms with van der Waals surface area (Å²) >= 11 is 1.35. The summed E-state index contributed by atoms with van der Waals surface area (Å²) in [4.78, 5) is 54.3. The van der Waals surface area contributed by atoms with Gasteiger partial charge in [-0.1, -0.05) is 26.8 Å². The highest BCUT2D eigenvalue weighted by Crippen LogP contribution is 2.38. The van der Waals surface area contributed by atoms with E-state index in [-0.39, 0.29) is 29.8 Å². The van der Waals surface area contributed by atoms with Crippen molar-refractivity contribution in [2.24, 2.45) is 5.73 Å². The van der Waals surface area contributed by atoms with Crippen molar-refractivity contribution in [1.29, 1.82) is 0 Å². The van der Waals surface area contributed by atoms with E-state index in [4.69, 9.17) is 15.9 Å². The van der Waals surface area contributed by atoms with Crippen molar-refractivity contribution in [3.63, 3.8) is 0 Å². The van der Waals surface area contributed by atoms with E-state index in [1.807, 2.05) is 33.8 Å². The molecule has 0 aliphatic heterocycles. The molecule has 39 heavy (non-hydrogen) atoms. The highest BCUT2D eigenvalue weighted by atomic mass is 32.2. The van der Waals surface area contributed by atoms with Gasteiger partial charge in [0.05, 0.1) is 0 Å². The number of rotatable bonds is 14. The molecular formula is C26H37N5O7S. The molecule has 0 saturated heterocycles. The molecule has 2 aromatic rings. The van der Waals surface area contributed by atoms with Gasteiger partial charge in [0.25, 0.3) is 0 Å². The van der Waals surface area contributed by atoms with Crippen LogP contribution in [0.2, 0.25) is 0 Å². The number of phenols is 1. The summed E-state index contributed by atoms with van der Waals surface area (Å²) in [6.45, 7) is 7.23. The SMILES string of the molecule is Cc1c(O)c(C(C)(C)C)cc(CSC[C@H](NC(=O)CC[C@H](N)C(=O)O)C(=O)NCC(=O)O)c1Cc1ncc[nH]1. The van der Waals surface area contributed by atoms with Crippen LogP contribution in [-0.2, 0) is 36.8 Å². The molecule has 8 N–H and O–H groups in total. The van der Waals surface area contributed by atoms with Crippen molar-refractivity contribution >= 4 is 35.5 Å². The lowest BCUT2D eigenvalue weighted by atomic mass is 9.82. The summed E-state index contributed by atoms with van der Waals surface area (Å²) in [5.74, 6) is -2.22. The van der Waals surface area contributed by atoms with Crippen LogP contribution >= 0.6 is 11.8 Å². The lowest BCUT2D eigenvalue weighted by molar-refractivity contribution is -0.139. The zero-order chi connectivity index (χ0) is 29.3. The van der Waals surface area contributed by atoms with Crippen LogP contribution < -0.4 is 16.4 Å². The second-order valence-corrected chi connectivity index (χ2v) is 11.3. The van der Waals surface area contributed by atoms with Gasteiger partial charge in [-0.3, -0.25) is 19.2 Å². The number of carbonyl (C=O) groups is 4. The molecule has 0 radical (unpaired) electrons. The molecule has 13 heteroatoms. The lowest BCUT2D eigenvalue weighted by Crippen LogP contribution is -2.49. The minimum Gasteiger partial charge on any atom is -0.507 e. The molecule has 12 nitrogen and oxygen atoms in total. The van der Waals surface area contributed by atoms with Gasteiger partial charge >= 0.3 is 11.9 Å². The van der Waals surface area contributed by atoms with Crippen molar-refractivity contribution in [1.82, 2.24) is 20.6 Å². The van der Waals surface area contributed by atoms with Crippen LogP contribution in [0.5, 0.6) is 5.75 Å². The Hall–Kier alpha value is -3.58. The number of nitrogens with zero attached hydrogens (tertiary/aromatic N) is 1.